The van der Waals surface area contributed by atoms with Gasteiger partial charge in [-0.15, -0.1) is 0 Å². The molecule has 0 rings (SSSR count). The highest BCUT2D eigenvalue weighted by atomic mass is 19.4. The first kappa shape index (κ1) is 13.5. The zero-order chi connectivity index (χ0) is 11.6. The van der Waals surface area contributed by atoms with Crippen LogP contribution < -0.4 is 0 Å². The van der Waals surface area contributed by atoms with E-state index in [0.29, 0.717) is 7.11 Å². The van der Waals surface area contributed by atoms with Gasteiger partial charge in [-0.2, -0.15) is 30.7 Å². The fourth-order valence-corrected chi connectivity index (χ4v) is 0.594. The van der Waals surface area contributed by atoms with Crippen molar-refractivity contribution < 1.29 is 35.5 Å². The first-order chi connectivity index (χ1) is 6.02. The lowest BCUT2D eigenvalue weighted by Crippen LogP contribution is -2.42. The molecule has 0 N–H and O–H groups in total. The molecule has 0 aromatic rings. The second-order valence-electron chi connectivity index (χ2n) is 2.54. The number of hydrogen-bond acceptors (Lipinski definition) is 1. The van der Waals surface area contributed by atoms with Crippen LogP contribution in [0.25, 0.3) is 0 Å². The maximum absolute atomic E-state index is 12.4. The molecule has 0 spiro atoms. The van der Waals surface area contributed by atoms with Crippen LogP contribution in [-0.2, 0) is 4.74 Å². The third-order valence-electron chi connectivity index (χ3n) is 1.40. The van der Waals surface area contributed by atoms with E-state index >= 15 is 0 Å². The second kappa shape index (κ2) is 3.92. The minimum absolute atomic E-state index is 0.293. The van der Waals surface area contributed by atoms with Crippen molar-refractivity contribution in [2.45, 2.75) is 31.0 Å². The molecule has 0 fully saturated rings. The summed E-state index contributed by atoms with van der Waals surface area (Å²) in [6.07, 6.45) is -13.8. The largest absolute Gasteiger partial charge is 0.419 e. The molecular weight excluding hydrogens is 221 g/mol. The predicted molar refractivity (Wildman–Crippen MR) is 32.2 cm³/mol. The molecule has 0 aliphatic rings. The number of ether oxygens (including phenoxy) is 1. The standard InChI is InChI=1S/C6H7F7O/c1-14-6(12,13)4(7,8)2-3-5(9,10)11/h2-3H2,1H3. The number of rotatable bonds is 4. The van der Waals surface area contributed by atoms with E-state index in [2.05, 4.69) is 4.74 Å². The Kier molecular flexibility index (Phi) is 3.77. The molecule has 0 amide bonds. The molecule has 0 aromatic heterocycles. The van der Waals surface area contributed by atoms with Gasteiger partial charge in [-0.05, 0) is 0 Å². The van der Waals surface area contributed by atoms with Gasteiger partial charge in [0.15, 0.2) is 0 Å². The van der Waals surface area contributed by atoms with Crippen LogP contribution in [-0.4, -0.2) is 25.3 Å². The third-order valence-corrected chi connectivity index (χ3v) is 1.40. The summed E-state index contributed by atoms with van der Waals surface area (Å²) in [6, 6.07) is 0. The second-order valence-corrected chi connectivity index (χ2v) is 2.54. The highest BCUT2D eigenvalue weighted by Gasteiger charge is 2.57. The Balaban J connectivity index is 4.35. The van der Waals surface area contributed by atoms with Gasteiger partial charge in [0.1, 0.15) is 0 Å². The van der Waals surface area contributed by atoms with Crippen LogP contribution in [0.5, 0.6) is 0 Å². The Morgan fingerprint density at radius 2 is 1.29 bits per heavy atom. The lowest BCUT2D eigenvalue weighted by Gasteiger charge is -2.24. The summed E-state index contributed by atoms with van der Waals surface area (Å²) >= 11 is 0. The minimum Gasteiger partial charge on any atom is -0.319 e. The number of hydrogen-bond donors (Lipinski definition) is 0. The fourth-order valence-electron chi connectivity index (χ4n) is 0.594. The maximum atomic E-state index is 12.4. The summed E-state index contributed by atoms with van der Waals surface area (Å²) in [7, 11) is 0.293. The van der Waals surface area contributed by atoms with E-state index in [1.807, 2.05) is 0 Å². The quantitative estimate of drug-likeness (QED) is 0.671. The average molecular weight is 228 g/mol. The molecule has 0 atom stereocenters. The summed E-state index contributed by atoms with van der Waals surface area (Å²) in [5, 5.41) is 0. The van der Waals surface area contributed by atoms with Gasteiger partial charge < -0.3 is 4.74 Å². The van der Waals surface area contributed by atoms with Crippen LogP contribution >= 0.6 is 0 Å². The number of methoxy groups -OCH3 is 1. The molecule has 8 heteroatoms. The van der Waals surface area contributed by atoms with Crippen molar-refractivity contribution in [1.29, 1.82) is 0 Å². The number of halogens is 7. The smallest absolute Gasteiger partial charge is 0.319 e. The van der Waals surface area contributed by atoms with Crippen LogP contribution in [0, 0.1) is 0 Å². The van der Waals surface area contributed by atoms with Crippen LogP contribution in [0.15, 0.2) is 0 Å². The number of alkyl halides is 7. The van der Waals surface area contributed by atoms with Gasteiger partial charge in [0.25, 0.3) is 0 Å². The normalized spacial score (nSPS) is 14.6. The molecule has 0 bridgehead atoms. The van der Waals surface area contributed by atoms with E-state index in [-0.39, 0.29) is 0 Å². The molecule has 1 nitrogen and oxygen atoms in total. The van der Waals surface area contributed by atoms with Crippen molar-refractivity contribution >= 4 is 0 Å². The maximum Gasteiger partial charge on any atom is 0.419 e. The molecule has 0 saturated carbocycles. The molecule has 0 aromatic carbocycles. The van der Waals surface area contributed by atoms with E-state index in [1.165, 1.54) is 0 Å². The summed E-state index contributed by atoms with van der Waals surface area (Å²) in [5.41, 5.74) is 0. The molecule has 0 aliphatic carbocycles. The topological polar surface area (TPSA) is 9.23 Å². The molecular formula is C6H7F7O. The molecule has 0 radical (unpaired) electrons. The van der Waals surface area contributed by atoms with Crippen LogP contribution in [0.3, 0.4) is 0 Å². The summed E-state index contributed by atoms with van der Waals surface area (Å²) in [6.45, 7) is 0. The van der Waals surface area contributed by atoms with Crippen molar-refractivity contribution in [1.82, 2.24) is 0 Å². The molecule has 0 saturated heterocycles. The van der Waals surface area contributed by atoms with Crippen molar-refractivity contribution in [2.75, 3.05) is 7.11 Å². The van der Waals surface area contributed by atoms with Crippen LogP contribution in [0.4, 0.5) is 30.7 Å². The van der Waals surface area contributed by atoms with Crippen molar-refractivity contribution in [3.05, 3.63) is 0 Å². The Labute approximate surface area is 74.8 Å². The van der Waals surface area contributed by atoms with Gasteiger partial charge in [0, 0.05) is 20.0 Å². The van der Waals surface area contributed by atoms with E-state index < -0.39 is 31.0 Å². The lowest BCUT2D eigenvalue weighted by atomic mass is 10.1. The zero-order valence-electron chi connectivity index (χ0n) is 6.97. The summed E-state index contributed by atoms with van der Waals surface area (Å²) in [4.78, 5) is 0. The molecule has 14 heavy (non-hydrogen) atoms. The Hall–Kier alpha value is -0.530. The molecule has 0 heterocycles. The predicted octanol–water partition coefficient (Wildman–Crippen LogP) is 3.20. The highest BCUT2D eigenvalue weighted by molar-refractivity contribution is 4.77. The van der Waals surface area contributed by atoms with E-state index in [0.717, 1.165) is 0 Å². The van der Waals surface area contributed by atoms with Crippen molar-refractivity contribution in [2.24, 2.45) is 0 Å². The van der Waals surface area contributed by atoms with Crippen molar-refractivity contribution in [3.8, 4) is 0 Å². The Bertz CT molecular complexity index is 185. The minimum atomic E-state index is -4.90. The summed E-state index contributed by atoms with van der Waals surface area (Å²) in [5.74, 6) is -4.82. The van der Waals surface area contributed by atoms with Gasteiger partial charge in [-0.25, -0.2) is 0 Å². The van der Waals surface area contributed by atoms with E-state index in [4.69, 9.17) is 0 Å². The van der Waals surface area contributed by atoms with Gasteiger partial charge >= 0.3 is 18.2 Å². The van der Waals surface area contributed by atoms with Gasteiger partial charge in [-0.1, -0.05) is 0 Å². The zero-order valence-corrected chi connectivity index (χ0v) is 6.97. The first-order valence-electron chi connectivity index (χ1n) is 3.39. The molecule has 0 unspecified atom stereocenters. The first-order valence-corrected chi connectivity index (χ1v) is 3.39. The molecule has 86 valence electrons. The highest BCUT2D eigenvalue weighted by Crippen LogP contribution is 2.40. The van der Waals surface area contributed by atoms with Gasteiger partial charge in [0.2, 0.25) is 0 Å². The average Bonchev–Trinajstić information content (AvgIpc) is 1.99. The Morgan fingerprint density at radius 3 is 1.57 bits per heavy atom. The van der Waals surface area contributed by atoms with Crippen LogP contribution in [0.2, 0.25) is 0 Å². The SMILES string of the molecule is COC(F)(F)C(F)(F)CCC(F)(F)F. The molecule has 0 aliphatic heterocycles. The van der Waals surface area contributed by atoms with E-state index in [1.54, 1.807) is 0 Å². The van der Waals surface area contributed by atoms with Gasteiger partial charge in [-0.3, -0.25) is 0 Å². The van der Waals surface area contributed by atoms with E-state index in [9.17, 15) is 30.7 Å². The Morgan fingerprint density at radius 1 is 0.857 bits per heavy atom. The monoisotopic (exact) mass is 228 g/mol. The lowest BCUT2D eigenvalue weighted by molar-refractivity contribution is -0.342. The third kappa shape index (κ3) is 3.69. The van der Waals surface area contributed by atoms with Gasteiger partial charge in [0.05, 0.1) is 0 Å². The van der Waals surface area contributed by atoms with Crippen LogP contribution in [0.1, 0.15) is 12.8 Å². The fraction of sp³-hybridized carbons (Fsp3) is 1.00. The summed E-state index contributed by atoms with van der Waals surface area (Å²) < 4.78 is 86.5. The van der Waals surface area contributed by atoms with Crippen molar-refractivity contribution in [3.63, 3.8) is 0 Å².